The molecule has 3 nitrogen and oxygen atoms in total. The minimum Gasteiger partial charge on any atom is -0.508 e. The number of rotatable bonds is 6. The van der Waals surface area contributed by atoms with Crippen molar-refractivity contribution in [2.75, 3.05) is 13.2 Å². The Bertz CT molecular complexity index is 506. The van der Waals surface area contributed by atoms with E-state index in [1.165, 1.54) is 0 Å². The van der Waals surface area contributed by atoms with Crippen molar-refractivity contribution in [1.82, 2.24) is 0 Å². The quantitative estimate of drug-likeness (QED) is 0.863. The summed E-state index contributed by atoms with van der Waals surface area (Å²) in [6.45, 7) is 3.15. The fraction of sp³-hybridized carbons (Fsp3) is 0.250. The summed E-state index contributed by atoms with van der Waals surface area (Å²) in [6, 6.07) is 14.9. The summed E-state index contributed by atoms with van der Waals surface area (Å²) in [5, 5.41) is 9.63. The molecule has 0 atom stereocenters. The number of phenolic OH excluding ortho intramolecular Hbond substituents is 1. The molecule has 0 aliphatic heterocycles. The first-order chi connectivity index (χ1) is 9.29. The fourth-order valence-electron chi connectivity index (χ4n) is 1.80. The Morgan fingerprint density at radius 2 is 1.53 bits per heavy atom. The van der Waals surface area contributed by atoms with Crippen LogP contribution < -0.4 is 9.47 Å². The molecule has 1 N–H and O–H groups in total. The van der Waals surface area contributed by atoms with Gasteiger partial charge in [0.2, 0.25) is 0 Å². The second-order valence-electron chi connectivity index (χ2n) is 4.13. The maximum absolute atomic E-state index is 9.63. The maximum atomic E-state index is 9.63. The number of hydrogen-bond acceptors (Lipinski definition) is 3. The second kappa shape index (κ2) is 6.69. The minimum absolute atomic E-state index is 0.317. The van der Waals surface area contributed by atoms with Gasteiger partial charge in [-0.05, 0) is 42.8 Å². The molecule has 3 heteroatoms. The molecule has 0 aliphatic carbocycles. The number of aromatic hydroxyl groups is 1. The fourth-order valence-corrected chi connectivity index (χ4v) is 1.80. The van der Waals surface area contributed by atoms with Crippen LogP contribution in [-0.2, 0) is 6.42 Å². The van der Waals surface area contributed by atoms with Gasteiger partial charge >= 0.3 is 0 Å². The summed E-state index contributed by atoms with van der Waals surface area (Å²) in [7, 11) is 0. The Labute approximate surface area is 113 Å². The van der Waals surface area contributed by atoms with Crippen molar-refractivity contribution in [1.29, 1.82) is 0 Å². The summed E-state index contributed by atoms with van der Waals surface area (Å²) < 4.78 is 11.0. The van der Waals surface area contributed by atoms with Crippen molar-refractivity contribution in [3.05, 3.63) is 54.1 Å². The molecule has 0 heterocycles. The van der Waals surface area contributed by atoms with Crippen LogP contribution in [0.1, 0.15) is 12.5 Å². The number of benzene rings is 2. The van der Waals surface area contributed by atoms with Crippen LogP contribution in [0.25, 0.3) is 0 Å². The predicted octanol–water partition coefficient (Wildman–Crippen LogP) is 3.41. The first-order valence-corrected chi connectivity index (χ1v) is 6.42. The molecular formula is C16H18O3. The van der Waals surface area contributed by atoms with Crippen molar-refractivity contribution < 1.29 is 14.6 Å². The third-order valence-corrected chi connectivity index (χ3v) is 2.77. The minimum atomic E-state index is 0.317. The maximum Gasteiger partial charge on any atom is 0.119 e. The van der Waals surface area contributed by atoms with Crippen LogP contribution in [-0.4, -0.2) is 18.3 Å². The van der Waals surface area contributed by atoms with Gasteiger partial charge in [0.25, 0.3) is 0 Å². The van der Waals surface area contributed by atoms with Crippen LogP contribution in [0, 0.1) is 0 Å². The smallest absolute Gasteiger partial charge is 0.119 e. The van der Waals surface area contributed by atoms with Gasteiger partial charge in [-0.2, -0.15) is 0 Å². The summed E-state index contributed by atoms with van der Waals surface area (Å²) >= 11 is 0. The highest BCUT2D eigenvalue weighted by Gasteiger charge is 2.00. The molecule has 0 saturated carbocycles. The number of phenols is 1. The van der Waals surface area contributed by atoms with E-state index in [-0.39, 0.29) is 0 Å². The Morgan fingerprint density at radius 1 is 0.895 bits per heavy atom. The summed E-state index contributed by atoms with van der Waals surface area (Å²) in [6.07, 6.45) is 0.680. The lowest BCUT2D eigenvalue weighted by Gasteiger charge is -2.08. The van der Waals surface area contributed by atoms with Gasteiger partial charge in [-0.25, -0.2) is 0 Å². The van der Waals surface area contributed by atoms with Crippen molar-refractivity contribution >= 4 is 0 Å². The van der Waals surface area contributed by atoms with E-state index in [4.69, 9.17) is 9.47 Å². The number of para-hydroxylation sites is 1. The van der Waals surface area contributed by atoms with Crippen LogP contribution in [0.4, 0.5) is 0 Å². The van der Waals surface area contributed by atoms with Crippen LogP contribution >= 0.6 is 0 Å². The molecule has 0 bridgehead atoms. The molecule has 2 rings (SSSR count). The second-order valence-corrected chi connectivity index (χ2v) is 4.13. The molecule has 0 fully saturated rings. The van der Waals surface area contributed by atoms with Crippen molar-refractivity contribution in [3.8, 4) is 17.2 Å². The molecule has 0 unspecified atom stereocenters. The van der Waals surface area contributed by atoms with E-state index >= 15 is 0 Å². The van der Waals surface area contributed by atoms with Crippen molar-refractivity contribution in [2.24, 2.45) is 0 Å². The summed E-state index contributed by atoms with van der Waals surface area (Å²) in [5.41, 5.74) is 0.897. The Morgan fingerprint density at radius 3 is 2.16 bits per heavy atom. The molecule has 2 aromatic rings. The van der Waals surface area contributed by atoms with Gasteiger partial charge in [0, 0.05) is 6.42 Å². The Hall–Kier alpha value is -2.16. The summed E-state index contributed by atoms with van der Waals surface area (Å²) in [5.74, 6) is 1.97. The van der Waals surface area contributed by atoms with E-state index in [1.54, 1.807) is 6.07 Å². The molecule has 0 radical (unpaired) electrons. The lowest BCUT2D eigenvalue weighted by atomic mass is 10.1. The third-order valence-electron chi connectivity index (χ3n) is 2.77. The zero-order valence-corrected chi connectivity index (χ0v) is 11.0. The lowest BCUT2D eigenvalue weighted by molar-refractivity contribution is 0.316. The van der Waals surface area contributed by atoms with Crippen LogP contribution in [0.2, 0.25) is 0 Å². The number of hydrogen-bond donors (Lipinski definition) is 1. The SMILES string of the molecule is CCOc1ccc(OCCc2ccccc2O)cc1. The standard InChI is InChI=1S/C16H18O3/c1-2-18-14-7-9-15(10-8-14)19-12-11-13-5-3-4-6-16(13)17/h3-10,17H,2,11-12H2,1H3. The molecule has 2 aromatic carbocycles. The highest BCUT2D eigenvalue weighted by Crippen LogP contribution is 2.19. The van der Waals surface area contributed by atoms with Crippen LogP contribution in [0.5, 0.6) is 17.2 Å². The third kappa shape index (κ3) is 3.91. The van der Waals surface area contributed by atoms with E-state index < -0.39 is 0 Å². The van der Waals surface area contributed by atoms with Gasteiger partial charge in [-0.3, -0.25) is 0 Å². The van der Waals surface area contributed by atoms with Crippen molar-refractivity contribution in [2.45, 2.75) is 13.3 Å². The van der Waals surface area contributed by atoms with E-state index in [2.05, 4.69) is 0 Å². The van der Waals surface area contributed by atoms with E-state index in [0.717, 1.165) is 17.1 Å². The van der Waals surface area contributed by atoms with E-state index in [1.807, 2.05) is 49.4 Å². The van der Waals surface area contributed by atoms with E-state index in [0.29, 0.717) is 25.4 Å². The Kier molecular flexibility index (Phi) is 4.67. The van der Waals surface area contributed by atoms with Gasteiger partial charge in [0.15, 0.2) is 0 Å². The molecule has 0 aliphatic rings. The van der Waals surface area contributed by atoms with Gasteiger partial charge < -0.3 is 14.6 Å². The summed E-state index contributed by atoms with van der Waals surface area (Å²) in [4.78, 5) is 0. The highest BCUT2D eigenvalue weighted by atomic mass is 16.5. The molecule has 100 valence electrons. The number of ether oxygens (including phenoxy) is 2. The molecule has 0 saturated heterocycles. The van der Waals surface area contributed by atoms with Gasteiger partial charge in [0.05, 0.1) is 13.2 Å². The first kappa shape index (κ1) is 13.3. The first-order valence-electron chi connectivity index (χ1n) is 6.42. The zero-order valence-electron chi connectivity index (χ0n) is 11.0. The molecular weight excluding hydrogens is 240 g/mol. The topological polar surface area (TPSA) is 38.7 Å². The Balaban J connectivity index is 1.84. The average Bonchev–Trinajstić information content (AvgIpc) is 2.43. The molecule has 0 aromatic heterocycles. The van der Waals surface area contributed by atoms with Crippen LogP contribution in [0.15, 0.2) is 48.5 Å². The van der Waals surface area contributed by atoms with Gasteiger partial charge in [-0.15, -0.1) is 0 Å². The van der Waals surface area contributed by atoms with Crippen molar-refractivity contribution in [3.63, 3.8) is 0 Å². The zero-order chi connectivity index (χ0) is 13.5. The van der Waals surface area contributed by atoms with Crippen LogP contribution in [0.3, 0.4) is 0 Å². The predicted molar refractivity (Wildman–Crippen MR) is 74.9 cm³/mol. The molecule has 19 heavy (non-hydrogen) atoms. The highest BCUT2D eigenvalue weighted by molar-refractivity contribution is 5.33. The van der Waals surface area contributed by atoms with Gasteiger partial charge in [0.1, 0.15) is 17.2 Å². The normalized spacial score (nSPS) is 10.2. The lowest BCUT2D eigenvalue weighted by Crippen LogP contribution is -2.01. The van der Waals surface area contributed by atoms with E-state index in [9.17, 15) is 5.11 Å². The van der Waals surface area contributed by atoms with Gasteiger partial charge in [-0.1, -0.05) is 18.2 Å². The molecule has 0 amide bonds. The average molecular weight is 258 g/mol. The molecule has 0 spiro atoms. The monoisotopic (exact) mass is 258 g/mol. The largest absolute Gasteiger partial charge is 0.508 e.